The maximum absolute atomic E-state index is 13.8. The topological polar surface area (TPSA) is 152 Å². The molecule has 0 unspecified atom stereocenters. The minimum Gasteiger partial charge on any atom is -0.493 e. The zero-order valence-corrected chi connectivity index (χ0v) is 28.9. The van der Waals surface area contributed by atoms with Crippen molar-refractivity contribution in [2.45, 2.75) is 45.7 Å². The number of thioether (sulfide) groups is 1. The molecule has 1 saturated heterocycles. The first-order chi connectivity index (χ1) is 21.9. The summed E-state index contributed by atoms with van der Waals surface area (Å²) < 4.78 is 44.0. The number of carbonyl (C=O) groups excluding carboxylic acids is 2. The lowest BCUT2D eigenvalue weighted by atomic mass is 9.95. The molecule has 12 nitrogen and oxygen atoms in total. The first kappa shape index (κ1) is 35.4. The van der Waals surface area contributed by atoms with Gasteiger partial charge in [-0.1, -0.05) is 19.9 Å². The number of rotatable bonds is 12. The van der Waals surface area contributed by atoms with E-state index in [1.54, 1.807) is 31.0 Å². The summed E-state index contributed by atoms with van der Waals surface area (Å²) in [5, 5.41) is 8.85. The Labute approximate surface area is 275 Å². The summed E-state index contributed by atoms with van der Waals surface area (Å²) in [6.07, 6.45) is 1.08. The van der Waals surface area contributed by atoms with Gasteiger partial charge >= 0.3 is 0 Å². The molecule has 0 bridgehead atoms. The number of ether oxygens (including phenoxy) is 3. The Kier molecular flexibility index (Phi) is 11.8. The maximum atomic E-state index is 13.8. The van der Waals surface area contributed by atoms with Crippen molar-refractivity contribution in [1.29, 1.82) is 0 Å². The highest BCUT2D eigenvalue weighted by molar-refractivity contribution is 7.99. The Bertz CT molecular complexity index is 1610. The standard InChI is InChI=1S/C32H44N4O8S2/c1-19(2)29(32(39)33-11-16-46(40,41)36-12-14-45-15-13-36)35-25-10-8-22-23(18-26(25)38)24(34-20(3)37)9-7-21-17-27(42-4)30(43-5)31(44-6)28(21)22/h8,10,17-19,24,29H,7,9,11-16H2,1-6H3,(H,33,39)(H,34,37)(H,35,38)/t24-,29-/m0/s1. The second kappa shape index (κ2) is 15.4. The number of carbonyl (C=O) groups is 2. The molecule has 46 heavy (non-hydrogen) atoms. The fourth-order valence-electron chi connectivity index (χ4n) is 5.90. The van der Waals surface area contributed by atoms with Gasteiger partial charge < -0.3 is 30.2 Å². The molecule has 4 rings (SSSR count). The number of nitrogens with zero attached hydrogens (tertiary/aromatic N) is 1. The number of hydrogen-bond donors (Lipinski definition) is 3. The predicted molar refractivity (Wildman–Crippen MR) is 181 cm³/mol. The van der Waals surface area contributed by atoms with Crippen LogP contribution in [0.1, 0.15) is 44.4 Å². The number of sulfonamides is 1. The van der Waals surface area contributed by atoms with Gasteiger partial charge in [0.25, 0.3) is 0 Å². The molecule has 1 aliphatic carbocycles. The fourth-order valence-corrected chi connectivity index (χ4v) is 8.39. The third kappa shape index (κ3) is 7.89. The Morgan fingerprint density at radius 2 is 1.74 bits per heavy atom. The van der Waals surface area contributed by atoms with Gasteiger partial charge in [-0.3, -0.25) is 14.4 Å². The van der Waals surface area contributed by atoms with Crippen LogP contribution in [-0.4, -0.2) is 88.8 Å². The molecule has 0 aromatic heterocycles. The number of hydrogen-bond acceptors (Lipinski definition) is 10. The third-order valence-corrected chi connectivity index (χ3v) is 11.0. The van der Waals surface area contributed by atoms with E-state index in [1.165, 1.54) is 31.5 Å². The van der Waals surface area contributed by atoms with Crippen molar-refractivity contribution in [2.75, 3.05) is 63.5 Å². The largest absolute Gasteiger partial charge is 0.493 e. The van der Waals surface area contributed by atoms with Crippen LogP contribution in [0.25, 0.3) is 11.1 Å². The highest BCUT2D eigenvalue weighted by Gasteiger charge is 2.31. The van der Waals surface area contributed by atoms with E-state index in [2.05, 4.69) is 16.0 Å². The van der Waals surface area contributed by atoms with Crippen LogP contribution in [0.3, 0.4) is 0 Å². The monoisotopic (exact) mass is 676 g/mol. The van der Waals surface area contributed by atoms with Crippen LogP contribution in [0.4, 0.5) is 5.69 Å². The van der Waals surface area contributed by atoms with Gasteiger partial charge in [0.2, 0.25) is 33.0 Å². The molecule has 1 heterocycles. The van der Waals surface area contributed by atoms with Crippen LogP contribution in [-0.2, 0) is 26.0 Å². The normalized spacial score (nSPS) is 17.2. The molecular formula is C32H44N4O8S2. The predicted octanol–water partition coefficient (Wildman–Crippen LogP) is 2.79. The molecule has 2 atom stereocenters. The summed E-state index contributed by atoms with van der Waals surface area (Å²) in [4.78, 5) is 39.3. The highest BCUT2D eigenvalue weighted by Crippen LogP contribution is 2.50. The third-order valence-electron chi connectivity index (χ3n) is 8.20. The molecule has 2 aliphatic rings. The van der Waals surface area contributed by atoms with Crippen molar-refractivity contribution < 1.29 is 32.2 Å². The van der Waals surface area contributed by atoms with Crippen molar-refractivity contribution in [1.82, 2.24) is 14.9 Å². The number of methoxy groups -OCH3 is 3. The van der Waals surface area contributed by atoms with Crippen LogP contribution in [0.2, 0.25) is 0 Å². The molecule has 252 valence electrons. The van der Waals surface area contributed by atoms with Gasteiger partial charge in [-0.2, -0.15) is 11.8 Å². The smallest absolute Gasteiger partial charge is 0.242 e. The SMILES string of the molecule is COc1cc2c(c(OC)c1OC)-c1ccc(N[C@H](C(=O)NCCS(=O)(=O)N3CCSCC3)C(C)C)c(=O)cc1[C@@H](NC(C)=O)CC2. The summed E-state index contributed by atoms with van der Waals surface area (Å²) in [6.45, 7) is 6.01. The van der Waals surface area contributed by atoms with E-state index in [4.69, 9.17) is 14.2 Å². The van der Waals surface area contributed by atoms with Crippen molar-refractivity contribution in [2.24, 2.45) is 5.92 Å². The number of nitrogens with one attached hydrogen (secondary N) is 3. The number of aryl methyl sites for hydroxylation is 1. The number of anilines is 1. The molecule has 0 spiro atoms. The lowest BCUT2D eigenvalue weighted by Gasteiger charge is -2.26. The van der Waals surface area contributed by atoms with E-state index in [9.17, 15) is 22.8 Å². The molecule has 2 amide bonds. The molecule has 0 radical (unpaired) electrons. The number of benzene rings is 1. The first-order valence-corrected chi connectivity index (χ1v) is 18.1. The summed E-state index contributed by atoms with van der Waals surface area (Å²) in [7, 11) is 1.11. The van der Waals surface area contributed by atoms with Gasteiger partial charge in [0, 0.05) is 43.6 Å². The van der Waals surface area contributed by atoms with E-state index in [-0.39, 0.29) is 35.2 Å². The summed E-state index contributed by atoms with van der Waals surface area (Å²) >= 11 is 1.72. The van der Waals surface area contributed by atoms with Crippen LogP contribution in [0.5, 0.6) is 17.2 Å². The zero-order valence-electron chi connectivity index (χ0n) is 27.2. The average molecular weight is 677 g/mol. The first-order valence-electron chi connectivity index (χ1n) is 15.3. The van der Waals surface area contributed by atoms with Crippen LogP contribution in [0.15, 0.2) is 29.1 Å². The van der Waals surface area contributed by atoms with Crippen LogP contribution in [0, 0.1) is 5.92 Å². The average Bonchev–Trinajstić information content (AvgIpc) is 3.26. The van der Waals surface area contributed by atoms with Crippen molar-refractivity contribution in [3.05, 3.63) is 45.6 Å². The zero-order chi connectivity index (χ0) is 33.6. The Morgan fingerprint density at radius 3 is 2.35 bits per heavy atom. The van der Waals surface area contributed by atoms with Crippen LogP contribution < -0.4 is 35.6 Å². The fraction of sp³-hybridized carbons (Fsp3) is 0.531. The molecule has 2 aromatic carbocycles. The Hall–Kier alpha value is -3.49. The van der Waals surface area contributed by atoms with E-state index in [1.807, 2.05) is 19.9 Å². The number of fused-ring (bicyclic) bond motifs is 3. The molecule has 1 aliphatic heterocycles. The minimum atomic E-state index is -3.49. The second-order valence-electron chi connectivity index (χ2n) is 11.6. The van der Waals surface area contributed by atoms with E-state index < -0.39 is 28.0 Å². The van der Waals surface area contributed by atoms with E-state index in [0.717, 1.165) is 22.6 Å². The van der Waals surface area contributed by atoms with Gasteiger partial charge in [-0.25, -0.2) is 12.7 Å². The Balaban J connectivity index is 1.69. The maximum Gasteiger partial charge on any atom is 0.242 e. The van der Waals surface area contributed by atoms with Gasteiger partial charge in [0.05, 0.1) is 38.8 Å². The summed E-state index contributed by atoms with van der Waals surface area (Å²) in [5.74, 6) is 1.77. The van der Waals surface area contributed by atoms with Gasteiger partial charge in [-0.15, -0.1) is 0 Å². The quantitative estimate of drug-likeness (QED) is 0.306. The van der Waals surface area contributed by atoms with Gasteiger partial charge in [0.1, 0.15) is 6.04 Å². The molecular weight excluding hydrogens is 633 g/mol. The number of amides is 2. The molecule has 1 fully saturated rings. The lowest BCUT2D eigenvalue weighted by molar-refractivity contribution is -0.122. The Morgan fingerprint density at radius 1 is 1.04 bits per heavy atom. The molecule has 14 heteroatoms. The molecule has 0 saturated carbocycles. The molecule has 2 aromatic rings. The van der Waals surface area contributed by atoms with Crippen molar-refractivity contribution >= 4 is 39.3 Å². The van der Waals surface area contributed by atoms with Gasteiger partial charge in [0.15, 0.2) is 11.5 Å². The minimum absolute atomic E-state index is 0.0446. The highest BCUT2D eigenvalue weighted by atomic mass is 32.2. The molecule has 3 N–H and O–H groups in total. The second-order valence-corrected chi connectivity index (χ2v) is 14.9. The lowest BCUT2D eigenvalue weighted by Crippen LogP contribution is -2.46. The summed E-state index contributed by atoms with van der Waals surface area (Å²) in [5.41, 5.74) is 2.70. The van der Waals surface area contributed by atoms with E-state index >= 15 is 0 Å². The van der Waals surface area contributed by atoms with Gasteiger partial charge in [-0.05, 0) is 53.6 Å². The van der Waals surface area contributed by atoms with Crippen molar-refractivity contribution in [3.63, 3.8) is 0 Å². The van der Waals surface area contributed by atoms with E-state index in [0.29, 0.717) is 54.3 Å². The van der Waals surface area contributed by atoms with Crippen LogP contribution >= 0.6 is 11.8 Å². The van der Waals surface area contributed by atoms with Crippen molar-refractivity contribution in [3.8, 4) is 28.4 Å². The summed E-state index contributed by atoms with van der Waals surface area (Å²) in [6, 6.07) is 5.48.